The molecule has 4 aromatic rings. The Balaban J connectivity index is 1.59. The van der Waals surface area contributed by atoms with Gasteiger partial charge in [0.15, 0.2) is 0 Å². The van der Waals surface area contributed by atoms with Gasteiger partial charge in [0.1, 0.15) is 0 Å². The molecular weight excluding hydrogens is 326 g/mol. The van der Waals surface area contributed by atoms with Gasteiger partial charge in [0.05, 0.1) is 6.04 Å². The second-order valence-electron chi connectivity index (χ2n) is 7.79. The normalized spacial score (nSPS) is 23.2. The van der Waals surface area contributed by atoms with Gasteiger partial charge in [-0.3, -0.25) is 0 Å². The van der Waals surface area contributed by atoms with Crippen molar-refractivity contribution < 1.29 is 0 Å². The average molecular weight is 347 g/mol. The molecule has 2 aliphatic rings. The minimum Gasteiger partial charge on any atom is -0.377 e. The summed E-state index contributed by atoms with van der Waals surface area (Å²) < 4.78 is 0. The Morgan fingerprint density at radius 2 is 1.41 bits per heavy atom. The highest BCUT2D eigenvalue weighted by Gasteiger charge is 2.38. The maximum atomic E-state index is 3.98. The highest BCUT2D eigenvalue weighted by molar-refractivity contribution is 5.97. The topological polar surface area (TPSA) is 12.0 Å². The van der Waals surface area contributed by atoms with E-state index >= 15 is 0 Å². The third-order valence-electron chi connectivity index (χ3n) is 6.42. The fourth-order valence-electron chi connectivity index (χ4n) is 5.17. The van der Waals surface area contributed by atoms with E-state index in [0.29, 0.717) is 17.9 Å². The Morgan fingerprint density at radius 3 is 2.30 bits per heavy atom. The maximum Gasteiger partial charge on any atom is 0.0560 e. The van der Waals surface area contributed by atoms with Crippen LogP contribution >= 0.6 is 0 Å². The summed E-state index contributed by atoms with van der Waals surface area (Å²) in [6.07, 6.45) is 5.94. The van der Waals surface area contributed by atoms with E-state index in [9.17, 15) is 0 Å². The van der Waals surface area contributed by atoms with Gasteiger partial charge in [-0.25, -0.2) is 0 Å². The fraction of sp³-hybridized carbons (Fsp3) is 0.154. The molecule has 0 radical (unpaired) electrons. The SMILES string of the molecule is C1=C[C@H]2c3ccc4ccccc4c3N[C@@H](c3cccc4ccccc34)[C@H]2C1. The Kier molecular flexibility index (Phi) is 3.19. The molecule has 1 N–H and O–H groups in total. The molecule has 0 saturated heterocycles. The summed E-state index contributed by atoms with van der Waals surface area (Å²) in [5.41, 5.74) is 4.19. The van der Waals surface area contributed by atoms with Crippen molar-refractivity contribution >= 4 is 27.2 Å². The standard InChI is InChI=1S/C26H21N/c1-3-10-19-17(7-1)9-5-13-22(19)26-23-14-6-12-21(23)24-16-15-18-8-2-4-11-20(18)25(24)27-26/h1-13,15-16,21,23,26-27H,14H2/t21-,23+,26+/m1/s1. The van der Waals surface area contributed by atoms with Gasteiger partial charge in [-0.15, -0.1) is 0 Å². The van der Waals surface area contributed by atoms with Crippen molar-refractivity contribution in [3.05, 3.63) is 102 Å². The molecule has 1 nitrogen and oxygen atoms in total. The molecular formula is C26H21N. The van der Waals surface area contributed by atoms with Crippen molar-refractivity contribution in [1.82, 2.24) is 0 Å². The van der Waals surface area contributed by atoms with Gasteiger partial charge in [-0.05, 0) is 39.6 Å². The second kappa shape index (κ2) is 5.72. The first-order valence-electron chi connectivity index (χ1n) is 9.83. The van der Waals surface area contributed by atoms with Gasteiger partial charge in [0.25, 0.3) is 0 Å². The van der Waals surface area contributed by atoms with Crippen molar-refractivity contribution in [3.8, 4) is 0 Å². The first-order valence-corrected chi connectivity index (χ1v) is 9.83. The second-order valence-corrected chi connectivity index (χ2v) is 7.79. The molecule has 27 heavy (non-hydrogen) atoms. The van der Waals surface area contributed by atoms with Crippen molar-refractivity contribution in [2.75, 3.05) is 5.32 Å². The highest BCUT2D eigenvalue weighted by atomic mass is 15.0. The summed E-state index contributed by atoms with van der Waals surface area (Å²) in [6, 6.07) is 29.2. The Hall–Kier alpha value is -3.06. The van der Waals surface area contributed by atoms with E-state index in [1.54, 1.807) is 0 Å². The number of hydrogen-bond donors (Lipinski definition) is 1. The summed E-state index contributed by atoms with van der Waals surface area (Å²) in [5.74, 6) is 1.07. The first kappa shape index (κ1) is 15.0. The zero-order chi connectivity index (χ0) is 17.8. The number of benzene rings is 4. The molecule has 0 bridgehead atoms. The summed E-state index contributed by atoms with van der Waals surface area (Å²) in [5, 5.41) is 9.31. The lowest BCUT2D eigenvalue weighted by atomic mass is 9.75. The molecule has 130 valence electrons. The Labute approximate surface area is 159 Å². The lowest BCUT2D eigenvalue weighted by Crippen LogP contribution is -2.29. The van der Waals surface area contributed by atoms with Crippen LogP contribution in [0.3, 0.4) is 0 Å². The van der Waals surface area contributed by atoms with Crippen LogP contribution in [0.2, 0.25) is 0 Å². The number of fused-ring (bicyclic) bond motifs is 6. The molecule has 3 atom stereocenters. The third-order valence-corrected chi connectivity index (χ3v) is 6.42. The fourth-order valence-corrected chi connectivity index (χ4v) is 5.17. The van der Waals surface area contributed by atoms with Crippen LogP contribution in [-0.2, 0) is 0 Å². The van der Waals surface area contributed by atoms with Gasteiger partial charge < -0.3 is 5.32 Å². The molecule has 6 rings (SSSR count). The molecule has 0 spiro atoms. The largest absolute Gasteiger partial charge is 0.377 e. The monoisotopic (exact) mass is 347 g/mol. The lowest BCUT2D eigenvalue weighted by Gasteiger charge is -2.38. The van der Waals surface area contributed by atoms with Crippen LogP contribution in [0, 0.1) is 5.92 Å². The lowest BCUT2D eigenvalue weighted by molar-refractivity contribution is 0.428. The average Bonchev–Trinajstić information content (AvgIpc) is 3.23. The smallest absolute Gasteiger partial charge is 0.0560 e. The number of allylic oxidation sites excluding steroid dienone is 2. The van der Waals surface area contributed by atoms with Crippen LogP contribution in [-0.4, -0.2) is 0 Å². The predicted octanol–water partition coefficient (Wildman–Crippen LogP) is 6.82. The molecule has 0 fully saturated rings. The van der Waals surface area contributed by atoms with Gasteiger partial charge in [-0.2, -0.15) is 0 Å². The van der Waals surface area contributed by atoms with Crippen molar-refractivity contribution in [2.45, 2.75) is 18.4 Å². The quantitative estimate of drug-likeness (QED) is 0.373. The Bertz CT molecular complexity index is 1200. The molecule has 1 aliphatic carbocycles. The number of nitrogens with one attached hydrogen (secondary N) is 1. The van der Waals surface area contributed by atoms with Gasteiger partial charge >= 0.3 is 0 Å². The Morgan fingerprint density at radius 1 is 0.667 bits per heavy atom. The minimum atomic E-state index is 0.328. The molecule has 0 unspecified atom stereocenters. The van der Waals surface area contributed by atoms with E-state index in [2.05, 4.69) is 96.3 Å². The van der Waals surface area contributed by atoms with Crippen LogP contribution in [0.25, 0.3) is 21.5 Å². The summed E-state index contributed by atoms with van der Waals surface area (Å²) >= 11 is 0. The molecule has 1 heteroatoms. The van der Waals surface area contributed by atoms with E-state index in [4.69, 9.17) is 0 Å². The number of hydrogen-bond acceptors (Lipinski definition) is 1. The first-order chi connectivity index (χ1) is 13.4. The summed E-state index contributed by atoms with van der Waals surface area (Å²) in [6.45, 7) is 0. The van der Waals surface area contributed by atoms with Crippen LogP contribution in [0.5, 0.6) is 0 Å². The van der Waals surface area contributed by atoms with E-state index in [-0.39, 0.29) is 0 Å². The van der Waals surface area contributed by atoms with E-state index in [1.807, 2.05) is 0 Å². The van der Waals surface area contributed by atoms with Crippen LogP contribution in [0.1, 0.15) is 29.5 Å². The van der Waals surface area contributed by atoms with Gasteiger partial charge in [0, 0.05) is 17.0 Å². The van der Waals surface area contributed by atoms with Crippen molar-refractivity contribution in [2.24, 2.45) is 5.92 Å². The summed E-state index contributed by atoms with van der Waals surface area (Å²) in [4.78, 5) is 0. The molecule has 4 aromatic carbocycles. The molecule has 0 saturated carbocycles. The molecule has 0 aromatic heterocycles. The van der Waals surface area contributed by atoms with E-state index in [1.165, 1.54) is 38.4 Å². The van der Waals surface area contributed by atoms with Crippen LogP contribution in [0.15, 0.2) is 91.0 Å². The highest BCUT2D eigenvalue weighted by Crippen LogP contribution is 2.52. The van der Waals surface area contributed by atoms with Crippen LogP contribution < -0.4 is 5.32 Å². The maximum absolute atomic E-state index is 3.98. The third kappa shape index (κ3) is 2.18. The molecule has 1 heterocycles. The van der Waals surface area contributed by atoms with Gasteiger partial charge in [0.2, 0.25) is 0 Å². The van der Waals surface area contributed by atoms with Crippen LogP contribution in [0.4, 0.5) is 5.69 Å². The van der Waals surface area contributed by atoms with E-state index < -0.39 is 0 Å². The molecule has 0 amide bonds. The number of rotatable bonds is 1. The number of anilines is 1. The molecule has 1 aliphatic heterocycles. The van der Waals surface area contributed by atoms with Gasteiger partial charge in [-0.1, -0.05) is 91.0 Å². The summed E-state index contributed by atoms with van der Waals surface area (Å²) in [7, 11) is 0. The van der Waals surface area contributed by atoms with Crippen molar-refractivity contribution in [3.63, 3.8) is 0 Å². The van der Waals surface area contributed by atoms with E-state index in [0.717, 1.165) is 6.42 Å². The zero-order valence-corrected chi connectivity index (χ0v) is 15.1. The van der Waals surface area contributed by atoms with Crippen molar-refractivity contribution in [1.29, 1.82) is 0 Å². The zero-order valence-electron chi connectivity index (χ0n) is 15.1. The minimum absolute atomic E-state index is 0.328. The predicted molar refractivity (Wildman–Crippen MR) is 114 cm³/mol.